The SMILES string of the molecule is O.Oc1ccccc1.[GeH4]. The van der Waals surface area contributed by atoms with Crippen LogP contribution in [-0.4, -0.2) is 28.2 Å². The minimum atomic E-state index is 0. The van der Waals surface area contributed by atoms with E-state index < -0.39 is 0 Å². The van der Waals surface area contributed by atoms with E-state index in [1.807, 2.05) is 6.07 Å². The molecule has 0 radical (unpaired) electrons. The maximum atomic E-state index is 8.63. The Morgan fingerprint density at radius 3 is 1.67 bits per heavy atom. The van der Waals surface area contributed by atoms with Gasteiger partial charge in [0.15, 0.2) is 0 Å². The quantitative estimate of drug-likeness (QED) is 0.529. The summed E-state index contributed by atoms with van der Waals surface area (Å²) in [6.07, 6.45) is 0. The molecule has 0 unspecified atom stereocenters. The van der Waals surface area contributed by atoms with E-state index in [2.05, 4.69) is 0 Å². The third-order valence-electron chi connectivity index (χ3n) is 0.756. The van der Waals surface area contributed by atoms with Crippen molar-refractivity contribution in [3.05, 3.63) is 30.3 Å². The molecule has 0 amide bonds. The summed E-state index contributed by atoms with van der Waals surface area (Å²) in [5, 5.41) is 8.63. The molecule has 3 heteroatoms. The Balaban J connectivity index is 0. The molecule has 2 nitrogen and oxygen atoms in total. The van der Waals surface area contributed by atoms with Gasteiger partial charge in [0, 0.05) is 0 Å². The van der Waals surface area contributed by atoms with E-state index in [0.717, 1.165) is 0 Å². The molecule has 0 fully saturated rings. The van der Waals surface area contributed by atoms with E-state index >= 15 is 0 Å². The van der Waals surface area contributed by atoms with Crippen LogP contribution in [0.25, 0.3) is 0 Å². The first-order valence-electron chi connectivity index (χ1n) is 2.13. The Labute approximate surface area is 64.8 Å². The molecule has 1 aromatic carbocycles. The van der Waals surface area contributed by atoms with Crippen LogP contribution in [0.2, 0.25) is 0 Å². The van der Waals surface area contributed by atoms with E-state index in [-0.39, 0.29) is 23.1 Å². The first-order chi connectivity index (χ1) is 3.39. The first kappa shape index (κ1) is 11.3. The summed E-state index contributed by atoms with van der Waals surface area (Å²) in [4.78, 5) is 0. The molecule has 0 bridgehead atoms. The van der Waals surface area contributed by atoms with Gasteiger partial charge in [0.1, 0.15) is 5.75 Å². The number of hydrogen-bond acceptors (Lipinski definition) is 1. The molecule has 1 rings (SSSR count). The average Bonchev–Trinajstić information content (AvgIpc) is 1.69. The molecule has 0 aliphatic heterocycles. The van der Waals surface area contributed by atoms with E-state index in [9.17, 15) is 0 Å². The van der Waals surface area contributed by atoms with Crippen LogP contribution in [0.4, 0.5) is 0 Å². The summed E-state index contributed by atoms with van der Waals surface area (Å²) in [6, 6.07) is 8.71. The van der Waals surface area contributed by atoms with Crippen molar-refractivity contribution in [3.63, 3.8) is 0 Å². The van der Waals surface area contributed by atoms with Gasteiger partial charge < -0.3 is 10.6 Å². The second-order valence-corrected chi connectivity index (χ2v) is 1.34. The number of hydrogen-bond donors (Lipinski definition) is 1. The Bertz CT molecular complexity index is 141. The van der Waals surface area contributed by atoms with Gasteiger partial charge in [0.25, 0.3) is 0 Å². The van der Waals surface area contributed by atoms with Gasteiger partial charge >= 0.3 is 17.6 Å². The van der Waals surface area contributed by atoms with Crippen molar-refractivity contribution in [2.75, 3.05) is 0 Å². The molecule has 1 aromatic rings. The fourth-order valence-electron chi connectivity index (χ4n) is 0.428. The summed E-state index contributed by atoms with van der Waals surface area (Å²) in [5.74, 6) is 0.322. The topological polar surface area (TPSA) is 51.7 Å². The van der Waals surface area contributed by atoms with Crippen LogP contribution in [-0.2, 0) is 0 Å². The van der Waals surface area contributed by atoms with Gasteiger partial charge in [-0.15, -0.1) is 0 Å². The fourth-order valence-corrected chi connectivity index (χ4v) is 0.428. The minimum absolute atomic E-state index is 0. The van der Waals surface area contributed by atoms with Crippen molar-refractivity contribution in [3.8, 4) is 5.75 Å². The predicted molar refractivity (Wildman–Crippen MR) is 43.1 cm³/mol. The third-order valence-corrected chi connectivity index (χ3v) is 0.756. The number of para-hydroxylation sites is 1. The van der Waals surface area contributed by atoms with Gasteiger partial charge in [-0.25, -0.2) is 0 Å². The molecule has 0 saturated carbocycles. The summed E-state index contributed by atoms with van der Waals surface area (Å²) in [7, 11) is 0. The van der Waals surface area contributed by atoms with Crippen molar-refractivity contribution in [2.24, 2.45) is 0 Å². The van der Waals surface area contributed by atoms with Gasteiger partial charge in [0.2, 0.25) is 0 Å². The number of rotatable bonds is 0. The molecule has 0 saturated heterocycles. The molecule has 0 spiro atoms. The summed E-state index contributed by atoms with van der Waals surface area (Å²) in [5.41, 5.74) is 0. The molecule has 3 N–H and O–H groups in total. The normalized spacial score (nSPS) is 6.67. The summed E-state index contributed by atoms with van der Waals surface area (Å²) in [6.45, 7) is 0. The van der Waals surface area contributed by atoms with E-state index in [1.165, 1.54) is 0 Å². The van der Waals surface area contributed by atoms with Crippen LogP contribution < -0.4 is 0 Å². The zero-order valence-corrected chi connectivity index (χ0v) is 4.33. The van der Waals surface area contributed by atoms with Crippen LogP contribution in [0.15, 0.2) is 30.3 Å². The zero-order chi connectivity index (χ0) is 5.11. The maximum absolute atomic E-state index is 8.63. The Kier molecular flexibility index (Phi) is 7.12. The van der Waals surface area contributed by atoms with Gasteiger partial charge in [-0.2, -0.15) is 0 Å². The van der Waals surface area contributed by atoms with Crippen molar-refractivity contribution in [1.82, 2.24) is 0 Å². The van der Waals surface area contributed by atoms with Crippen LogP contribution in [0.5, 0.6) is 5.75 Å². The second-order valence-electron chi connectivity index (χ2n) is 1.34. The van der Waals surface area contributed by atoms with Crippen molar-refractivity contribution >= 4 is 17.6 Å². The van der Waals surface area contributed by atoms with E-state index in [4.69, 9.17) is 5.11 Å². The Hall–Kier alpha value is -0.477. The second kappa shape index (κ2) is 5.66. The molecule has 52 valence electrons. The van der Waals surface area contributed by atoms with Crippen LogP contribution in [0.3, 0.4) is 0 Å². The molecule has 0 aliphatic rings. The Morgan fingerprint density at radius 1 is 1.00 bits per heavy atom. The van der Waals surface area contributed by atoms with Gasteiger partial charge in [-0.3, -0.25) is 0 Å². The van der Waals surface area contributed by atoms with E-state index in [0.29, 0.717) is 5.75 Å². The molecular weight excluding hydrogens is 177 g/mol. The van der Waals surface area contributed by atoms with Crippen LogP contribution in [0.1, 0.15) is 0 Å². The summed E-state index contributed by atoms with van der Waals surface area (Å²) >= 11 is 0. The van der Waals surface area contributed by atoms with Crippen LogP contribution >= 0.6 is 0 Å². The molecule has 9 heavy (non-hydrogen) atoms. The van der Waals surface area contributed by atoms with Gasteiger partial charge in [-0.1, -0.05) is 18.2 Å². The number of aromatic hydroxyl groups is 1. The van der Waals surface area contributed by atoms with Crippen molar-refractivity contribution in [1.29, 1.82) is 0 Å². The fraction of sp³-hybridized carbons (Fsp3) is 0. The number of phenolic OH excluding ortho intramolecular Hbond substituents is 1. The van der Waals surface area contributed by atoms with Crippen molar-refractivity contribution < 1.29 is 10.6 Å². The molecule has 0 aromatic heterocycles. The first-order valence-corrected chi connectivity index (χ1v) is 2.13. The Morgan fingerprint density at radius 2 is 1.44 bits per heavy atom. The standard InChI is InChI=1S/C6H6O.GeH4.H2O/c7-6-4-2-1-3-5-6;;/h1-5,7H;1H4;1H2. The van der Waals surface area contributed by atoms with Gasteiger partial charge in [-0.05, 0) is 12.1 Å². The number of phenols is 1. The molecule has 0 heterocycles. The molecular formula is C6H12GeO2. The average molecular weight is 189 g/mol. The predicted octanol–water partition coefficient (Wildman–Crippen LogP) is -0.884. The third kappa shape index (κ3) is 4.05. The van der Waals surface area contributed by atoms with Crippen molar-refractivity contribution in [2.45, 2.75) is 0 Å². The molecule has 0 aliphatic carbocycles. The van der Waals surface area contributed by atoms with Crippen LogP contribution in [0, 0.1) is 0 Å². The number of benzene rings is 1. The monoisotopic (exact) mass is 190 g/mol. The summed E-state index contributed by atoms with van der Waals surface area (Å²) < 4.78 is 0. The molecule has 0 atom stereocenters. The zero-order valence-electron chi connectivity index (χ0n) is 4.33. The van der Waals surface area contributed by atoms with E-state index in [1.54, 1.807) is 24.3 Å². The van der Waals surface area contributed by atoms with Gasteiger partial charge in [0.05, 0.1) is 0 Å².